The van der Waals surface area contributed by atoms with Gasteiger partial charge in [0, 0.05) is 25.4 Å². The molecular formula is C28H32N2O5. The molecule has 2 aliphatic carbocycles. The number of carboxylic acids is 1. The summed E-state index contributed by atoms with van der Waals surface area (Å²) in [6, 6.07) is 16.4. The molecule has 7 heteroatoms. The Balaban J connectivity index is 1.23. The van der Waals surface area contributed by atoms with Crippen LogP contribution in [0.2, 0.25) is 0 Å². The van der Waals surface area contributed by atoms with Gasteiger partial charge in [0.1, 0.15) is 12.1 Å². The summed E-state index contributed by atoms with van der Waals surface area (Å²) >= 11 is 0. The Morgan fingerprint density at radius 2 is 1.54 bits per heavy atom. The molecule has 2 N–H and O–H groups in total. The molecule has 2 aromatic carbocycles. The third kappa shape index (κ3) is 4.64. The van der Waals surface area contributed by atoms with Crippen LogP contribution in [0, 0.1) is 11.8 Å². The van der Waals surface area contributed by atoms with Gasteiger partial charge in [-0.05, 0) is 66.7 Å². The van der Waals surface area contributed by atoms with Gasteiger partial charge in [-0.25, -0.2) is 4.79 Å². The number of benzene rings is 2. The molecule has 2 amide bonds. The lowest BCUT2D eigenvalue weighted by atomic mass is 9.89. The van der Waals surface area contributed by atoms with E-state index in [1.807, 2.05) is 24.3 Å². The summed E-state index contributed by atoms with van der Waals surface area (Å²) in [5, 5.41) is 12.0. The van der Waals surface area contributed by atoms with Crippen LogP contribution in [0.15, 0.2) is 48.5 Å². The number of ether oxygens (including phenoxy) is 1. The van der Waals surface area contributed by atoms with Crippen LogP contribution >= 0.6 is 0 Å². The third-order valence-electron chi connectivity index (χ3n) is 7.91. The van der Waals surface area contributed by atoms with E-state index in [4.69, 9.17) is 9.84 Å². The normalized spacial score (nSPS) is 19.4. The van der Waals surface area contributed by atoms with Crippen molar-refractivity contribution < 1.29 is 24.2 Å². The fourth-order valence-corrected chi connectivity index (χ4v) is 5.75. The summed E-state index contributed by atoms with van der Waals surface area (Å²) in [5.74, 6) is -0.743. The summed E-state index contributed by atoms with van der Waals surface area (Å²) in [4.78, 5) is 39.2. The minimum absolute atomic E-state index is 0.0377. The van der Waals surface area contributed by atoms with Crippen molar-refractivity contribution in [1.29, 1.82) is 0 Å². The Hall–Kier alpha value is -3.35. The number of aliphatic carboxylic acids is 1. The van der Waals surface area contributed by atoms with Crippen LogP contribution in [0.3, 0.4) is 0 Å². The molecule has 1 aliphatic heterocycles. The molecule has 1 saturated heterocycles. The largest absolute Gasteiger partial charge is 0.481 e. The molecule has 1 unspecified atom stereocenters. The van der Waals surface area contributed by atoms with Crippen LogP contribution in [-0.2, 0) is 14.3 Å². The monoisotopic (exact) mass is 476 g/mol. The number of amides is 2. The smallest absolute Gasteiger partial charge is 0.408 e. The van der Waals surface area contributed by atoms with E-state index in [2.05, 4.69) is 29.6 Å². The molecule has 1 saturated carbocycles. The maximum Gasteiger partial charge on any atom is 0.408 e. The van der Waals surface area contributed by atoms with Gasteiger partial charge in [-0.1, -0.05) is 48.5 Å². The number of alkyl carbamates (subject to hydrolysis) is 1. The van der Waals surface area contributed by atoms with Gasteiger partial charge in [0.05, 0.1) is 0 Å². The van der Waals surface area contributed by atoms with Gasteiger partial charge in [-0.3, -0.25) is 9.59 Å². The molecule has 2 aromatic rings. The van der Waals surface area contributed by atoms with Crippen LogP contribution in [0.1, 0.15) is 56.1 Å². The highest BCUT2D eigenvalue weighted by Crippen LogP contribution is 2.45. The Morgan fingerprint density at radius 3 is 2.09 bits per heavy atom. The number of carbonyl (C=O) groups is 3. The van der Waals surface area contributed by atoms with Crippen molar-refractivity contribution in [3.8, 4) is 11.1 Å². The minimum atomic E-state index is -1.01. The molecule has 1 atom stereocenters. The predicted octanol–water partition coefficient (Wildman–Crippen LogP) is 4.41. The SMILES string of the molecule is CC(NC(=O)OCC1c2ccccc2-c2ccccc21)(C(=O)N1CCC(CC(=O)O)CC1)C1CC1. The first-order valence-electron chi connectivity index (χ1n) is 12.5. The molecule has 5 rings (SSSR count). The number of carbonyl (C=O) groups excluding carboxylic acids is 2. The third-order valence-corrected chi connectivity index (χ3v) is 7.91. The van der Waals surface area contributed by atoms with Gasteiger partial charge in [0.25, 0.3) is 0 Å². The molecule has 3 aliphatic rings. The second-order valence-corrected chi connectivity index (χ2v) is 10.3. The lowest BCUT2D eigenvalue weighted by Crippen LogP contribution is -2.60. The first-order valence-corrected chi connectivity index (χ1v) is 12.5. The van der Waals surface area contributed by atoms with Crippen molar-refractivity contribution >= 4 is 18.0 Å². The maximum absolute atomic E-state index is 13.5. The Bertz CT molecular complexity index is 1090. The number of nitrogens with zero attached hydrogens (tertiary/aromatic N) is 1. The first-order chi connectivity index (χ1) is 16.9. The van der Waals surface area contributed by atoms with Gasteiger partial charge in [0.2, 0.25) is 5.91 Å². The zero-order chi connectivity index (χ0) is 24.6. The zero-order valence-corrected chi connectivity index (χ0v) is 20.0. The first kappa shape index (κ1) is 23.4. The molecule has 0 aromatic heterocycles. The summed E-state index contributed by atoms with van der Waals surface area (Å²) < 4.78 is 5.73. The minimum Gasteiger partial charge on any atom is -0.481 e. The number of hydrogen-bond acceptors (Lipinski definition) is 4. The second kappa shape index (κ2) is 9.36. The number of nitrogens with one attached hydrogen (secondary N) is 1. The lowest BCUT2D eigenvalue weighted by molar-refractivity contribution is -0.141. The molecule has 7 nitrogen and oxygen atoms in total. The van der Waals surface area contributed by atoms with E-state index >= 15 is 0 Å². The topological polar surface area (TPSA) is 95.9 Å². The van der Waals surface area contributed by atoms with E-state index in [1.165, 1.54) is 11.1 Å². The number of hydrogen-bond donors (Lipinski definition) is 2. The molecule has 35 heavy (non-hydrogen) atoms. The van der Waals surface area contributed by atoms with Crippen molar-refractivity contribution in [3.63, 3.8) is 0 Å². The summed E-state index contributed by atoms with van der Waals surface area (Å²) in [6.07, 6.45) is 2.69. The average Bonchev–Trinajstić information content (AvgIpc) is 3.66. The van der Waals surface area contributed by atoms with Gasteiger partial charge in [-0.15, -0.1) is 0 Å². The predicted molar refractivity (Wildman–Crippen MR) is 131 cm³/mol. The highest BCUT2D eigenvalue weighted by molar-refractivity contribution is 5.90. The van der Waals surface area contributed by atoms with E-state index < -0.39 is 17.6 Å². The van der Waals surface area contributed by atoms with Crippen molar-refractivity contribution in [2.45, 2.75) is 50.5 Å². The van der Waals surface area contributed by atoms with E-state index in [1.54, 1.807) is 11.8 Å². The van der Waals surface area contributed by atoms with Crippen molar-refractivity contribution in [1.82, 2.24) is 10.2 Å². The van der Waals surface area contributed by atoms with E-state index in [-0.39, 0.29) is 36.7 Å². The van der Waals surface area contributed by atoms with Crippen LogP contribution in [0.4, 0.5) is 4.79 Å². The van der Waals surface area contributed by atoms with Crippen LogP contribution in [-0.4, -0.2) is 53.2 Å². The average molecular weight is 477 g/mol. The van der Waals surface area contributed by atoms with E-state index in [0.717, 1.165) is 24.0 Å². The van der Waals surface area contributed by atoms with Crippen molar-refractivity contribution in [2.75, 3.05) is 19.7 Å². The maximum atomic E-state index is 13.5. The number of piperidine rings is 1. The van der Waals surface area contributed by atoms with E-state index in [0.29, 0.717) is 25.9 Å². The zero-order valence-electron chi connectivity index (χ0n) is 20.0. The molecule has 1 heterocycles. The fourth-order valence-electron chi connectivity index (χ4n) is 5.75. The number of likely N-dealkylation sites (tertiary alicyclic amines) is 1. The van der Waals surface area contributed by atoms with Crippen LogP contribution in [0.5, 0.6) is 0 Å². The standard InChI is InChI=1S/C28H32N2O5/c1-28(19-10-11-19,26(33)30-14-12-18(13-15-30)16-25(31)32)29-27(34)35-17-24-22-8-4-2-6-20(22)21-7-3-5-9-23(21)24/h2-9,18-19,24H,10-17H2,1H3,(H,29,34)(H,31,32). The van der Waals surface area contributed by atoms with Crippen molar-refractivity contribution in [3.05, 3.63) is 59.7 Å². The van der Waals surface area contributed by atoms with Crippen LogP contribution < -0.4 is 5.32 Å². The number of rotatable bonds is 7. The molecule has 2 fully saturated rings. The summed E-state index contributed by atoms with van der Waals surface area (Å²) in [5.41, 5.74) is 3.61. The Morgan fingerprint density at radius 1 is 0.971 bits per heavy atom. The van der Waals surface area contributed by atoms with Gasteiger partial charge in [0.15, 0.2) is 0 Å². The van der Waals surface area contributed by atoms with Gasteiger partial charge >= 0.3 is 12.1 Å². The van der Waals surface area contributed by atoms with E-state index in [9.17, 15) is 14.4 Å². The number of carboxylic acid groups (broad SMARTS) is 1. The Labute approximate surface area is 205 Å². The highest BCUT2D eigenvalue weighted by atomic mass is 16.5. The fraction of sp³-hybridized carbons (Fsp3) is 0.464. The number of fused-ring (bicyclic) bond motifs is 3. The second-order valence-electron chi connectivity index (χ2n) is 10.3. The van der Waals surface area contributed by atoms with Gasteiger partial charge < -0.3 is 20.1 Å². The highest BCUT2D eigenvalue weighted by Gasteiger charge is 2.50. The molecule has 0 radical (unpaired) electrons. The summed E-state index contributed by atoms with van der Waals surface area (Å²) in [7, 11) is 0. The quantitative estimate of drug-likeness (QED) is 0.617. The molecular weight excluding hydrogens is 444 g/mol. The van der Waals surface area contributed by atoms with Crippen LogP contribution in [0.25, 0.3) is 11.1 Å². The van der Waals surface area contributed by atoms with Crippen molar-refractivity contribution in [2.24, 2.45) is 11.8 Å². The lowest BCUT2D eigenvalue weighted by Gasteiger charge is -2.38. The Kier molecular flexibility index (Phi) is 6.26. The molecule has 184 valence electrons. The summed E-state index contributed by atoms with van der Waals surface area (Å²) in [6.45, 7) is 3.05. The molecule has 0 bridgehead atoms. The molecule has 0 spiro atoms. The van der Waals surface area contributed by atoms with Gasteiger partial charge in [-0.2, -0.15) is 0 Å².